The summed E-state index contributed by atoms with van der Waals surface area (Å²) in [6.07, 6.45) is 3.52. The molecule has 0 amide bonds. The van der Waals surface area contributed by atoms with E-state index >= 15 is 0 Å². The molecule has 74 valence electrons. The van der Waals surface area contributed by atoms with Gasteiger partial charge in [0, 0.05) is 13.2 Å². The minimum absolute atomic E-state index is 0.484. The van der Waals surface area contributed by atoms with E-state index in [9.17, 15) is 0 Å². The quantitative estimate of drug-likeness (QED) is 0.786. The molecule has 2 heterocycles. The molecule has 2 aromatic rings. The summed E-state index contributed by atoms with van der Waals surface area (Å²) in [6, 6.07) is 2.09. The zero-order valence-electron chi connectivity index (χ0n) is 8.65. The summed E-state index contributed by atoms with van der Waals surface area (Å²) in [5.41, 5.74) is 2.35. The van der Waals surface area contributed by atoms with Gasteiger partial charge in [-0.05, 0) is 17.5 Å². The number of nitrogens with zero attached hydrogens (tertiary/aromatic N) is 3. The highest BCUT2D eigenvalue weighted by molar-refractivity contribution is 5.72. The van der Waals surface area contributed by atoms with Gasteiger partial charge in [-0.2, -0.15) is 5.10 Å². The lowest BCUT2D eigenvalue weighted by Gasteiger charge is -2.06. The van der Waals surface area contributed by atoms with E-state index in [1.54, 1.807) is 6.33 Å². The molecule has 0 aliphatic carbocycles. The van der Waals surface area contributed by atoms with Gasteiger partial charge in [0.2, 0.25) is 0 Å². The second-order valence-electron chi connectivity index (χ2n) is 3.58. The van der Waals surface area contributed by atoms with Gasteiger partial charge in [-0.1, -0.05) is 13.8 Å². The van der Waals surface area contributed by atoms with Crippen molar-refractivity contribution in [2.24, 2.45) is 0 Å². The highest BCUT2D eigenvalue weighted by Gasteiger charge is 2.10. The van der Waals surface area contributed by atoms with Crippen LogP contribution in [0.4, 0.5) is 5.82 Å². The van der Waals surface area contributed by atoms with E-state index in [0.717, 1.165) is 11.3 Å². The van der Waals surface area contributed by atoms with Crippen molar-refractivity contribution in [1.82, 2.24) is 14.6 Å². The van der Waals surface area contributed by atoms with Crippen LogP contribution < -0.4 is 5.32 Å². The molecule has 14 heavy (non-hydrogen) atoms. The topological polar surface area (TPSA) is 42.2 Å². The van der Waals surface area contributed by atoms with E-state index in [4.69, 9.17) is 0 Å². The Morgan fingerprint density at radius 1 is 1.43 bits per heavy atom. The third-order valence-corrected chi connectivity index (χ3v) is 2.34. The molecule has 0 aliphatic rings. The lowest BCUT2D eigenvalue weighted by molar-refractivity contribution is 0.861. The normalized spacial score (nSPS) is 11.1. The largest absolute Gasteiger partial charge is 0.371 e. The average Bonchev–Trinajstić information content (AvgIpc) is 2.60. The average molecular weight is 190 g/mol. The van der Waals surface area contributed by atoms with E-state index < -0.39 is 0 Å². The molecule has 4 heteroatoms. The number of hydrogen-bond acceptors (Lipinski definition) is 3. The first-order valence-electron chi connectivity index (χ1n) is 4.74. The lowest BCUT2D eigenvalue weighted by atomic mass is 10.1. The van der Waals surface area contributed by atoms with Crippen molar-refractivity contribution < 1.29 is 0 Å². The molecule has 0 aliphatic heterocycles. The zero-order chi connectivity index (χ0) is 10.1. The molecule has 0 radical (unpaired) electrons. The van der Waals surface area contributed by atoms with Crippen LogP contribution in [0.5, 0.6) is 0 Å². The van der Waals surface area contributed by atoms with E-state index in [-0.39, 0.29) is 0 Å². The van der Waals surface area contributed by atoms with Gasteiger partial charge in [0.05, 0.1) is 0 Å². The van der Waals surface area contributed by atoms with Gasteiger partial charge >= 0.3 is 0 Å². The maximum Gasteiger partial charge on any atom is 0.153 e. The van der Waals surface area contributed by atoms with Crippen LogP contribution in [0.3, 0.4) is 0 Å². The maximum absolute atomic E-state index is 4.20. The van der Waals surface area contributed by atoms with Gasteiger partial charge in [0.1, 0.15) is 11.8 Å². The molecule has 0 fully saturated rings. The van der Waals surface area contributed by atoms with Crippen LogP contribution in [0.25, 0.3) is 5.52 Å². The van der Waals surface area contributed by atoms with Crippen molar-refractivity contribution in [3.05, 3.63) is 24.2 Å². The molecule has 4 nitrogen and oxygen atoms in total. The third-order valence-electron chi connectivity index (χ3n) is 2.34. The van der Waals surface area contributed by atoms with Crippen LogP contribution in [0.1, 0.15) is 25.3 Å². The molecule has 0 aromatic carbocycles. The fraction of sp³-hybridized carbons (Fsp3) is 0.400. The van der Waals surface area contributed by atoms with Crippen LogP contribution in [0.15, 0.2) is 18.6 Å². The Hall–Kier alpha value is -1.58. The van der Waals surface area contributed by atoms with Gasteiger partial charge in [0.15, 0.2) is 5.82 Å². The van der Waals surface area contributed by atoms with E-state index in [0.29, 0.717) is 5.92 Å². The Bertz CT molecular complexity index is 444. The summed E-state index contributed by atoms with van der Waals surface area (Å²) in [4.78, 5) is 4.20. The summed E-state index contributed by atoms with van der Waals surface area (Å²) in [5.74, 6) is 1.37. The summed E-state index contributed by atoms with van der Waals surface area (Å²) in [5, 5.41) is 7.24. The number of aromatic nitrogens is 3. The minimum atomic E-state index is 0.484. The number of fused-ring (bicyclic) bond motifs is 1. The molecular formula is C10H14N4. The molecule has 0 atom stereocenters. The van der Waals surface area contributed by atoms with Gasteiger partial charge < -0.3 is 5.32 Å². The number of rotatable bonds is 2. The van der Waals surface area contributed by atoms with Crippen molar-refractivity contribution in [3.63, 3.8) is 0 Å². The Morgan fingerprint density at radius 3 is 2.86 bits per heavy atom. The van der Waals surface area contributed by atoms with Crippen molar-refractivity contribution in [2.45, 2.75) is 19.8 Å². The molecule has 2 rings (SSSR count). The van der Waals surface area contributed by atoms with Gasteiger partial charge in [-0.15, -0.1) is 0 Å². The van der Waals surface area contributed by atoms with E-state index in [2.05, 4.69) is 35.3 Å². The van der Waals surface area contributed by atoms with Gasteiger partial charge in [-0.25, -0.2) is 9.50 Å². The number of hydrogen-bond donors (Lipinski definition) is 1. The summed E-state index contributed by atoms with van der Waals surface area (Å²) in [6.45, 7) is 4.34. The second kappa shape index (κ2) is 3.29. The van der Waals surface area contributed by atoms with Crippen LogP contribution in [-0.4, -0.2) is 21.6 Å². The molecule has 0 spiro atoms. The maximum atomic E-state index is 4.20. The molecule has 0 unspecified atom stereocenters. The van der Waals surface area contributed by atoms with Crippen LogP contribution in [0, 0.1) is 0 Å². The highest BCUT2D eigenvalue weighted by Crippen LogP contribution is 2.24. The standard InChI is InChI=1S/C10H14N4/c1-7(2)8-4-5-14-9(8)10(11-3)12-6-13-14/h4-7H,1-3H3,(H,11,12,13). The van der Waals surface area contributed by atoms with Crippen molar-refractivity contribution in [3.8, 4) is 0 Å². The number of anilines is 1. The van der Waals surface area contributed by atoms with Crippen LogP contribution in [0.2, 0.25) is 0 Å². The Morgan fingerprint density at radius 2 is 2.21 bits per heavy atom. The SMILES string of the molecule is CNc1ncnn2ccc(C(C)C)c12. The molecule has 1 N–H and O–H groups in total. The smallest absolute Gasteiger partial charge is 0.153 e. The van der Waals surface area contributed by atoms with Crippen LogP contribution in [-0.2, 0) is 0 Å². The minimum Gasteiger partial charge on any atom is -0.371 e. The van der Waals surface area contributed by atoms with Crippen molar-refractivity contribution >= 4 is 11.3 Å². The predicted molar refractivity (Wildman–Crippen MR) is 56.6 cm³/mol. The second-order valence-corrected chi connectivity index (χ2v) is 3.58. The van der Waals surface area contributed by atoms with E-state index in [1.807, 2.05) is 17.8 Å². The predicted octanol–water partition coefficient (Wildman–Crippen LogP) is 1.89. The lowest BCUT2D eigenvalue weighted by Crippen LogP contribution is -2.00. The summed E-state index contributed by atoms with van der Waals surface area (Å²) < 4.78 is 1.86. The highest BCUT2D eigenvalue weighted by atomic mass is 15.2. The van der Waals surface area contributed by atoms with Gasteiger partial charge in [0.25, 0.3) is 0 Å². The molecular weight excluding hydrogens is 176 g/mol. The first kappa shape index (κ1) is 8.99. The molecule has 0 saturated heterocycles. The van der Waals surface area contributed by atoms with Gasteiger partial charge in [-0.3, -0.25) is 0 Å². The van der Waals surface area contributed by atoms with Crippen LogP contribution >= 0.6 is 0 Å². The summed E-state index contributed by atoms with van der Waals surface area (Å²) >= 11 is 0. The summed E-state index contributed by atoms with van der Waals surface area (Å²) in [7, 11) is 1.87. The fourth-order valence-electron chi connectivity index (χ4n) is 1.63. The molecule has 2 aromatic heterocycles. The van der Waals surface area contributed by atoms with Crippen molar-refractivity contribution in [1.29, 1.82) is 0 Å². The Balaban J connectivity index is 2.74. The molecule has 0 saturated carbocycles. The third kappa shape index (κ3) is 1.23. The zero-order valence-corrected chi connectivity index (χ0v) is 8.65. The first-order valence-corrected chi connectivity index (χ1v) is 4.74. The monoisotopic (exact) mass is 190 g/mol. The molecule has 0 bridgehead atoms. The Labute approximate surface area is 83.0 Å². The number of nitrogens with one attached hydrogen (secondary N) is 1. The fourth-order valence-corrected chi connectivity index (χ4v) is 1.63. The van der Waals surface area contributed by atoms with Crippen molar-refractivity contribution in [2.75, 3.05) is 12.4 Å². The van der Waals surface area contributed by atoms with E-state index in [1.165, 1.54) is 5.56 Å². The first-order chi connectivity index (χ1) is 6.74. The Kier molecular flexibility index (Phi) is 2.11.